The molecule has 0 saturated carbocycles. The Morgan fingerprint density at radius 2 is 1.97 bits per heavy atom. The van der Waals surface area contributed by atoms with Crippen molar-refractivity contribution < 1.29 is 23.1 Å². The van der Waals surface area contributed by atoms with Gasteiger partial charge in [-0.1, -0.05) is 12.1 Å². The highest BCUT2D eigenvalue weighted by atomic mass is 32.2. The first kappa shape index (κ1) is 23.6. The number of anilines is 2. The molecule has 0 atom stereocenters. The van der Waals surface area contributed by atoms with E-state index in [0.717, 1.165) is 11.3 Å². The monoisotopic (exact) mass is 498 g/mol. The van der Waals surface area contributed by atoms with Gasteiger partial charge in [-0.3, -0.25) is 9.69 Å². The van der Waals surface area contributed by atoms with Gasteiger partial charge in [0, 0.05) is 12.3 Å². The summed E-state index contributed by atoms with van der Waals surface area (Å²) in [5.74, 6) is -0.654. The molecule has 3 heterocycles. The van der Waals surface area contributed by atoms with E-state index in [9.17, 15) is 14.0 Å². The fourth-order valence-electron chi connectivity index (χ4n) is 3.16. The summed E-state index contributed by atoms with van der Waals surface area (Å²) >= 11 is 2.44. The summed E-state index contributed by atoms with van der Waals surface area (Å²) in [6.07, 6.45) is 3.33. The molecule has 0 aliphatic heterocycles. The Hall–Kier alpha value is -3.57. The second kappa shape index (κ2) is 10.1. The van der Waals surface area contributed by atoms with Crippen LogP contribution in [0.3, 0.4) is 0 Å². The van der Waals surface area contributed by atoms with E-state index in [0.29, 0.717) is 28.0 Å². The largest absolute Gasteiger partial charge is 0.461 e. The molecule has 0 bridgehead atoms. The van der Waals surface area contributed by atoms with E-state index in [1.807, 2.05) is 0 Å². The number of amides is 1. The van der Waals surface area contributed by atoms with E-state index in [1.54, 1.807) is 42.8 Å². The van der Waals surface area contributed by atoms with Gasteiger partial charge in [-0.25, -0.2) is 24.1 Å². The number of hydrogen-bond acceptors (Lipinski definition) is 9. The fraction of sp³-hybridized carbons (Fsp3) is 0.174. The molecule has 8 nitrogen and oxygen atoms in total. The predicted molar refractivity (Wildman–Crippen MR) is 127 cm³/mol. The number of hydrogen-bond donors (Lipinski definition) is 0. The lowest BCUT2D eigenvalue weighted by molar-refractivity contribution is -0.115. The average molecular weight is 499 g/mol. The highest BCUT2D eigenvalue weighted by molar-refractivity contribution is 7.98. The van der Waals surface area contributed by atoms with Crippen LogP contribution in [-0.4, -0.2) is 33.1 Å². The van der Waals surface area contributed by atoms with E-state index in [-0.39, 0.29) is 23.0 Å². The van der Waals surface area contributed by atoms with Crippen molar-refractivity contribution in [2.24, 2.45) is 0 Å². The number of thioether (sulfide) groups is 1. The zero-order valence-corrected chi connectivity index (χ0v) is 20.1. The first-order chi connectivity index (χ1) is 16.4. The summed E-state index contributed by atoms with van der Waals surface area (Å²) in [5.41, 5.74) is 1.24. The van der Waals surface area contributed by atoms with Crippen LogP contribution in [0.15, 0.2) is 57.5 Å². The van der Waals surface area contributed by atoms with Crippen LogP contribution in [0.1, 0.15) is 28.7 Å². The molecule has 174 valence electrons. The van der Waals surface area contributed by atoms with Crippen molar-refractivity contribution >= 4 is 45.8 Å². The maximum absolute atomic E-state index is 14.3. The lowest BCUT2D eigenvalue weighted by atomic mass is 10.2. The minimum absolute atomic E-state index is 0.0990. The van der Waals surface area contributed by atoms with Gasteiger partial charge in [-0.2, -0.15) is 0 Å². The molecule has 4 rings (SSSR count). The van der Waals surface area contributed by atoms with Crippen LogP contribution in [0, 0.1) is 12.7 Å². The number of ether oxygens (including phenoxy) is 1. The quantitative estimate of drug-likeness (QED) is 0.190. The molecule has 0 aliphatic carbocycles. The molecular weight excluding hydrogens is 479 g/mol. The SMILES string of the molecule is CSc1nc(-c2ccco2)nc(C)c1C(=O)OCc1csc(N(C(C)=O)c2ccccc2F)n1. The number of rotatable bonds is 7. The molecule has 0 aliphatic rings. The second-order valence-electron chi connectivity index (χ2n) is 7.00. The smallest absolute Gasteiger partial charge is 0.343 e. The Labute approximate surface area is 202 Å². The Balaban J connectivity index is 1.52. The number of carbonyl (C=O) groups excluding carboxylic acids is 2. The molecule has 1 aromatic carbocycles. The van der Waals surface area contributed by atoms with Crippen LogP contribution < -0.4 is 4.90 Å². The summed E-state index contributed by atoms with van der Waals surface area (Å²) < 4.78 is 25.1. The predicted octanol–water partition coefficient (Wildman–Crippen LogP) is 5.40. The van der Waals surface area contributed by atoms with E-state index >= 15 is 0 Å². The first-order valence-electron chi connectivity index (χ1n) is 10.0. The van der Waals surface area contributed by atoms with E-state index in [4.69, 9.17) is 9.15 Å². The zero-order chi connectivity index (χ0) is 24.2. The Kier molecular flexibility index (Phi) is 7.03. The number of thiazole rings is 1. The molecule has 11 heteroatoms. The molecule has 0 saturated heterocycles. The summed E-state index contributed by atoms with van der Waals surface area (Å²) in [4.78, 5) is 39.4. The third kappa shape index (κ3) is 4.85. The van der Waals surface area contributed by atoms with Gasteiger partial charge in [0.25, 0.3) is 0 Å². The number of aryl methyl sites for hydroxylation is 1. The number of benzene rings is 1. The lowest BCUT2D eigenvalue weighted by Crippen LogP contribution is -2.23. The Bertz CT molecular complexity index is 1340. The Morgan fingerprint density at radius 3 is 2.65 bits per heavy atom. The van der Waals surface area contributed by atoms with Crippen molar-refractivity contribution in [3.05, 3.63) is 70.8 Å². The number of furan rings is 1. The van der Waals surface area contributed by atoms with Crippen molar-refractivity contribution in [3.8, 4) is 11.6 Å². The third-order valence-corrected chi connectivity index (χ3v) is 6.24. The maximum Gasteiger partial charge on any atom is 0.343 e. The molecule has 0 radical (unpaired) electrons. The molecule has 4 aromatic rings. The minimum Gasteiger partial charge on any atom is -0.461 e. The summed E-state index contributed by atoms with van der Waals surface area (Å²) in [5, 5.41) is 2.39. The summed E-state index contributed by atoms with van der Waals surface area (Å²) in [6.45, 7) is 2.89. The Morgan fingerprint density at radius 1 is 1.18 bits per heavy atom. The van der Waals surface area contributed by atoms with Gasteiger partial charge in [0.15, 0.2) is 16.7 Å². The maximum atomic E-state index is 14.3. The van der Waals surface area contributed by atoms with Gasteiger partial charge in [-0.05, 0) is 37.4 Å². The molecule has 34 heavy (non-hydrogen) atoms. The minimum atomic E-state index is -0.597. The number of nitrogens with zero attached hydrogens (tertiary/aromatic N) is 4. The molecule has 1 amide bonds. The highest BCUT2D eigenvalue weighted by Gasteiger charge is 2.23. The van der Waals surface area contributed by atoms with Gasteiger partial charge < -0.3 is 9.15 Å². The van der Waals surface area contributed by atoms with Crippen molar-refractivity contribution in [1.29, 1.82) is 0 Å². The van der Waals surface area contributed by atoms with Crippen LogP contribution in [0.2, 0.25) is 0 Å². The zero-order valence-electron chi connectivity index (χ0n) is 18.4. The molecule has 0 N–H and O–H groups in total. The molecule has 3 aromatic heterocycles. The van der Waals surface area contributed by atoms with Crippen LogP contribution in [0.5, 0.6) is 0 Å². The van der Waals surface area contributed by atoms with E-state index in [1.165, 1.54) is 42.0 Å². The number of carbonyl (C=O) groups is 2. The highest BCUT2D eigenvalue weighted by Crippen LogP contribution is 2.31. The summed E-state index contributed by atoms with van der Waals surface area (Å²) in [6, 6.07) is 9.41. The number of para-hydroxylation sites is 1. The van der Waals surface area contributed by atoms with Gasteiger partial charge >= 0.3 is 5.97 Å². The average Bonchev–Trinajstić information content (AvgIpc) is 3.51. The first-order valence-corrected chi connectivity index (χ1v) is 12.1. The number of esters is 1. The van der Waals surface area contributed by atoms with Crippen molar-refractivity contribution in [2.75, 3.05) is 11.2 Å². The number of halogens is 1. The van der Waals surface area contributed by atoms with Crippen LogP contribution in [-0.2, 0) is 16.1 Å². The van der Waals surface area contributed by atoms with E-state index < -0.39 is 17.7 Å². The van der Waals surface area contributed by atoms with Gasteiger partial charge in [-0.15, -0.1) is 23.1 Å². The normalized spacial score (nSPS) is 10.8. The van der Waals surface area contributed by atoms with Crippen molar-refractivity contribution in [3.63, 3.8) is 0 Å². The number of aromatic nitrogens is 3. The molecule has 0 unspecified atom stereocenters. The lowest BCUT2D eigenvalue weighted by Gasteiger charge is -2.18. The van der Waals surface area contributed by atoms with Gasteiger partial charge in [0.2, 0.25) is 5.91 Å². The van der Waals surface area contributed by atoms with Gasteiger partial charge in [0.1, 0.15) is 23.0 Å². The van der Waals surface area contributed by atoms with Crippen molar-refractivity contribution in [1.82, 2.24) is 15.0 Å². The standard InChI is InChI=1S/C23H19FN4O4S2/c1-13-19(21(33-3)27-20(25-13)18-9-6-10-31-18)22(30)32-11-15-12-34-23(26-15)28(14(2)29)17-8-5-4-7-16(17)24/h4-10,12H,11H2,1-3H3. The van der Waals surface area contributed by atoms with Crippen LogP contribution in [0.25, 0.3) is 11.6 Å². The molecule has 0 fully saturated rings. The fourth-order valence-corrected chi connectivity index (χ4v) is 4.64. The van der Waals surface area contributed by atoms with Crippen molar-refractivity contribution in [2.45, 2.75) is 25.5 Å². The molecular formula is C23H19FN4O4S2. The molecule has 0 spiro atoms. The topological polar surface area (TPSA) is 98.4 Å². The van der Waals surface area contributed by atoms with Crippen LogP contribution in [0.4, 0.5) is 15.2 Å². The second-order valence-corrected chi connectivity index (χ2v) is 8.63. The summed E-state index contributed by atoms with van der Waals surface area (Å²) in [7, 11) is 0. The third-order valence-electron chi connectivity index (χ3n) is 4.69. The van der Waals surface area contributed by atoms with Gasteiger partial charge in [0.05, 0.1) is 23.3 Å². The van der Waals surface area contributed by atoms with Crippen LogP contribution >= 0.6 is 23.1 Å². The van der Waals surface area contributed by atoms with E-state index in [2.05, 4.69) is 15.0 Å².